The third-order valence-corrected chi connectivity index (χ3v) is 4.63. The Balaban J connectivity index is 2.15. The van der Waals surface area contributed by atoms with Crippen molar-refractivity contribution in [2.24, 2.45) is 5.73 Å². The Morgan fingerprint density at radius 2 is 1.73 bits per heavy atom. The molecule has 0 aromatic heterocycles. The van der Waals surface area contributed by atoms with Crippen LogP contribution in [0.15, 0.2) is 42.5 Å². The lowest BCUT2D eigenvalue weighted by atomic mass is 10.0. The summed E-state index contributed by atoms with van der Waals surface area (Å²) in [5.74, 6) is -1.79. The maximum absolute atomic E-state index is 13.5. The minimum Gasteiger partial charge on any atom is -0.495 e. The van der Waals surface area contributed by atoms with E-state index in [1.165, 1.54) is 32.2 Å². The number of methoxy groups -OCH3 is 1. The predicted molar refractivity (Wildman–Crippen MR) is 111 cm³/mol. The summed E-state index contributed by atoms with van der Waals surface area (Å²) in [6.07, 6.45) is 0.139. The quantitative estimate of drug-likeness (QED) is 0.557. The number of rotatable bonds is 9. The lowest BCUT2D eigenvalue weighted by Crippen LogP contribution is -2.54. The largest absolute Gasteiger partial charge is 0.495 e. The molecule has 0 unspecified atom stereocenters. The zero-order chi connectivity index (χ0) is 22.3. The monoisotopic (exact) mass is 435 g/mol. The second-order valence-electron chi connectivity index (χ2n) is 6.72. The molecule has 0 aliphatic rings. The molecule has 0 saturated carbocycles. The van der Waals surface area contributed by atoms with Gasteiger partial charge in [0.25, 0.3) is 0 Å². The molecule has 0 saturated heterocycles. The Bertz CT molecular complexity index is 938. The Morgan fingerprint density at radius 1 is 1.07 bits per heavy atom. The number of benzene rings is 2. The highest BCUT2D eigenvalue weighted by Gasteiger charge is 2.26. The van der Waals surface area contributed by atoms with Gasteiger partial charge in [-0.25, -0.2) is 4.39 Å². The predicted octanol–water partition coefficient (Wildman–Crippen LogP) is 1.75. The van der Waals surface area contributed by atoms with Gasteiger partial charge in [0.05, 0.1) is 12.1 Å². The number of nitrogens with two attached hydrogens (primary N) is 1. The van der Waals surface area contributed by atoms with Crippen LogP contribution in [0.25, 0.3) is 0 Å². The topological polar surface area (TPSA) is 111 Å². The molecule has 30 heavy (non-hydrogen) atoms. The van der Waals surface area contributed by atoms with Crippen LogP contribution in [0.1, 0.15) is 18.1 Å². The molecule has 0 heterocycles. The summed E-state index contributed by atoms with van der Waals surface area (Å²) in [4.78, 5) is 36.2. The molecular weight excluding hydrogens is 413 g/mol. The average molecular weight is 436 g/mol. The zero-order valence-electron chi connectivity index (χ0n) is 16.6. The number of carbonyl (C=O) groups is 3. The molecule has 7 nitrogen and oxygen atoms in total. The second kappa shape index (κ2) is 10.6. The molecule has 0 aliphatic heterocycles. The first-order valence-electron chi connectivity index (χ1n) is 9.13. The fourth-order valence-electron chi connectivity index (χ4n) is 2.92. The molecule has 0 bridgehead atoms. The summed E-state index contributed by atoms with van der Waals surface area (Å²) >= 11 is 6.10. The zero-order valence-corrected chi connectivity index (χ0v) is 17.3. The van der Waals surface area contributed by atoms with Crippen LogP contribution in [-0.4, -0.2) is 36.9 Å². The van der Waals surface area contributed by atoms with Crippen LogP contribution in [0.2, 0.25) is 5.02 Å². The Hall–Kier alpha value is -3.13. The van der Waals surface area contributed by atoms with Gasteiger partial charge in [-0.1, -0.05) is 29.8 Å². The smallest absolute Gasteiger partial charge is 0.243 e. The number of amides is 3. The highest BCUT2D eigenvalue weighted by molar-refractivity contribution is 6.32. The van der Waals surface area contributed by atoms with Gasteiger partial charge >= 0.3 is 0 Å². The van der Waals surface area contributed by atoms with E-state index in [2.05, 4.69) is 10.6 Å². The molecule has 0 spiro atoms. The summed E-state index contributed by atoms with van der Waals surface area (Å²) in [5, 5.41) is 5.43. The van der Waals surface area contributed by atoms with Gasteiger partial charge in [-0.05, 0) is 35.4 Å². The summed E-state index contributed by atoms with van der Waals surface area (Å²) in [7, 11) is 1.48. The molecule has 0 radical (unpaired) electrons. The van der Waals surface area contributed by atoms with Crippen molar-refractivity contribution in [1.82, 2.24) is 10.6 Å². The van der Waals surface area contributed by atoms with Crippen LogP contribution in [0, 0.1) is 5.82 Å². The summed E-state index contributed by atoms with van der Waals surface area (Å²) in [6.45, 7) is 1.26. The fraction of sp³-hybridized carbons (Fsp3) is 0.286. The summed E-state index contributed by atoms with van der Waals surface area (Å²) in [5.41, 5.74) is 6.63. The van der Waals surface area contributed by atoms with Gasteiger partial charge in [-0.2, -0.15) is 0 Å². The molecule has 2 rings (SSSR count). The van der Waals surface area contributed by atoms with Crippen molar-refractivity contribution in [2.75, 3.05) is 7.11 Å². The molecule has 2 atom stereocenters. The van der Waals surface area contributed by atoms with Gasteiger partial charge in [0.15, 0.2) is 0 Å². The SMILES string of the molecule is COc1ccc(C[C@H](NC(=O)[C@H](Cc2cccc(F)c2)NC(C)=O)C(N)=O)cc1Cl. The van der Waals surface area contributed by atoms with E-state index in [1.807, 2.05) is 0 Å². The van der Waals surface area contributed by atoms with Crippen LogP contribution in [-0.2, 0) is 27.2 Å². The van der Waals surface area contributed by atoms with Crippen LogP contribution in [0.4, 0.5) is 4.39 Å². The molecule has 3 amide bonds. The lowest BCUT2D eigenvalue weighted by Gasteiger charge is -2.22. The van der Waals surface area contributed by atoms with Crippen LogP contribution in [0.3, 0.4) is 0 Å². The molecule has 0 fully saturated rings. The van der Waals surface area contributed by atoms with E-state index in [9.17, 15) is 18.8 Å². The van der Waals surface area contributed by atoms with Gasteiger partial charge in [-0.15, -0.1) is 0 Å². The number of ether oxygens (including phenoxy) is 1. The normalized spacial score (nSPS) is 12.5. The van der Waals surface area contributed by atoms with Crippen molar-refractivity contribution >= 4 is 29.3 Å². The standard InChI is InChI=1S/C21H23ClFN3O4/c1-12(27)25-18(11-13-4-3-5-15(23)8-13)21(29)26-17(20(24)28)10-14-6-7-19(30-2)16(22)9-14/h3-9,17-18H,10-11H2,1-2H3,(H2,24,28)(H,25,27)(H,26,29)/t17-,18-/m0/s1. The lowest BCUT2D eigenvalue weighted by molar-refractivity contribution is -0.130. The van der Waals surface area contributed by atoms with Crippen molar-refractivity contribution in [3.05, 3.63) is 64.4 Å². The first-order chi connectivity index (χ1) is 14.2. The number of halogens is 2. The first-order valence-corrected chi connectivity index (χ1v) is 9.51. The van der Waals surface area contributed by atoms with E-state index in [4.69, 9.17) is 22.1 Å². The first kappa shape index (κ1) is 23.2. The summed E-state index contributed by atoms with van der Waals surface area (Å²) in [6, 6.07) is 8.60. The van der Waals surface area contributed by atoms with Crippen molar-refractivity contribution < 1.29 is 23.5 Å². The van der Waals surface area contributed by atoms with Crippen LogP contribution in [0.5, 0.6) is 5.75 Å². The number of hydrogen-bond donors (Lipinski definition) is 3. The van der Waals surface area contributed by atoms with Gasteiger partial charge in [0, 0.05) is 19.8 Å². The number of carbonyl (C=O) groups excluding carboxylic acids is 3. The fourth-order valence-corrected chi connectivity index (χ4v) is 3.20. The van der Waals surface area contributed by atoms with Crippen LogP contribution < -0.4 is 21.1 Å². The van der Waals surface area contributed by atoms with E-state index in [-0.39, 0.29) is 12.8 Å². The van der Waals surface area contributed by atoms with Crippen LogP contribution >= 0.6 is 11.6 Å². The average Bonchev–Trinajstić information content (AvgIpc) is 2.66. The molecule has 160 valence electrons. The van der Waals surface area contributed by atoms with E-state index < -0.39 is 35.6 Å². The number of hydrogen-bond acceptors (Lipinski definition) is 4. The Kier molecular flexibility index (Phi) is 8.17. The minimum atomic E-state index is -1.04. The Labute approximate surface area is 178 Å². The van der Waals surface area contributed by atoms with Crippen molar-refractivity contribution in [2.45, 2.75) is 31.8 Å². The molecule has 0 aliphatic carbocycles. The molecule has 9 heteroatoms. The maximum Gasteiger partial charge on any atom is 0.243 e. The van der Waals surface area contributed by atoms with Gasteiger partial charge in [0.1, 0.15) is 23.7 Å². The molecule has 4 N–H and O–H groups in total. The van der Waals surface area contributed by atoms with Gasteiger partial charge in [-0.3, -0.25) is 14.4 Å². The molecular formula is C21H23ClFN3O4. The molecule has 2 aromatic rings. The second-order valence-corrected chi connectivity index (χ2v) is 7.13. The number of primary amides is 1. The van der Waals surface area contributed by atoms with E-state index in [1.54, 1.807) is 24.3 Å². The minimum absolute atomic E-state index is 0.0447. The highest BCUT2D eigenvalue weighted by atomic mass is 35.5. The third kappa shape index (κ3) is 6.73. The maximum atomic E-state index is 13.5. The van der Waals surface area contributed by atoms with E-state index in [0.717, 1.165) is 0 Å². The molecule has 2 aromatic carbocycles. The number of nitrogens with one attached hydrogen (secondary N) is 2. The van der Waals surface area contributed by atoms with Gasteiger partial charge < -0.3 is 21.1 Å². The highest BCUT2D eigenvalue weighted by Crippen LogP contribution is 2.25. The van der Waals surface area contributed by atoms with E-state index >= 15 is 0 Å². The van der Waals surface area contributed by atoms with Gasteiger partial charge in [0.2, 0.25) is 17.7 Å². The van der Waals surface area contributed by atoms with Crippen molar-refractivity contribution in [3.63, 3.8) is 0 Å². The van der Waals surface area contributed by atoms with E-state index in [0.29, 0.717) is 21.9 Å². The third-order valence-electron chi connectivity index (χ3n) is 4.34. The van der Waals surface area contributed by atoms with Crippen molar-refractivity contribution in [1.29, 1.82) is 0 Å². The Morgan fingerprint density at radius 3 is 2.30 bits per heavy atom. The summed E-state index contributed by atoms with van der Waals surface area (Å²) < 4.78 is 18.5. The van der Waals surface area contributed by atoms with Crippen molar-refractivity contribution in [3.8, 4) is 5.75 Å².